The molecule has 0 unspecified atom stereocenters. The SMILES string of the molecule is CC(=O)c1cnn(-c2ccncn2)c1C. The topological polar surface area (TPSA) is 60.7 Å². The molecule has 0 aromatic carbocycles. The molecule has 2 aromatic heterocycles. The maximum Gasteiger partial charge on any atom is 0.163 e. The zero-order chi connectivity index (χ0) is 10.8. The van der Waals surface area contributed by atoms with E-state index < -0.39 is 0 Å². The van der Waals surface area contributed by atoms with Gasteiger partial charge in [-0.1, -0.05) is 0 Å². The van der Waals surface area contributed by atoms with Crippen molar-refractivity contribution in [2.24, 2.45) is 0 Å². The Morgan fingerprint density at radius 2 is 2.27 bits per heavy atom. The van der Waals surface area contributed by atoms with Gasteiger partial charge in [0, 0.05) is 12.3 Å². The predicted octanol–water partition coefficient (Wildman–Crippen LogP) is 1.17. The third kappa shape index (κ3) is 1.63. The van der Waals surface area contributed by atoms with Gasteiger partial charge in [-0.25, -0.2) is 14.6 Å². The fourth-order valence-corrected chi connectivity index (χ4v) is 1.40. The number of hydrogen-bond donors (Lipinski definition) is 0. The average Bonchev–Trinajstić information content (AvgIpc) is 2.61. The van der Waals surface area contributed by atoms with Crippen LogP contribution in [0.5, 0.6) is 0 Å². The number of nitrogens with zero attached hydrogens (tertiary/aromatic N) is 4. The monoisotopic (exact) mass is 202 g/mol. The van der Waals surface area contributed by atoms with E-state index in [0.717, 1.165) is 5.69 Å². The van der Waals surface area contributed by atoms with Gasteiger partial charge in [-0.15, -0.1) is 0 Å². The molecule has 76 valence electrons. The lowest BCUT2D eigenvalue weighted by atomic mass is 10.2. The van der Waals surface area contributed by atoms with Gasteiger partial charge in [-0.3, -0.25) is 4.79 Å². The molecule has 0 saturated heterocycles. The molecule has 0 fully saturated rings. The molecule has 5 heteroatoms. The number of Topliss-reactive ketones (excluding diaryl/α,β-unsaturated/α-hetero) is 1. The first kappa shape index (κ1) is 9.51. The van der Waals surface area contributed by atoms with Gasteiger partial charge < -0.3 is 0 Å². The van der Waals surface area contributed by atoms with E-state index in [2.05, 4.69) is 15.1 Å². The third-order valence-corrected chi connectivity index (χ3v) is 2.17. The van der Waals surface area contributed by atoms with Crippen LogP contribution in [0.4, 0.5) is 0 Å². The molecule has 0 aliphatic carbocycles. The van der Waals surface area contributed by atoms with Crippen LogP contribution in [-0.2, 0) is 0 Å². The summed E-state index contributed by atoms with van der Waals surface area (Å²) in [4.78, 5) is 19.1. The molecular formula is C10H10N4O. The highest BCUT2D eigenvalue weighted by Crippen LogP contribution is 2.11. The standard InChI is InChI=1S/C10H10N4O/c1-7-9(8(2)15)5-13-14(7)10-3-4-11-6-12-10/h3-6H,1-2H3. The van der Waals surface area contributed by atoms with Crippen molar-refractivity contribution in [2.75, 3.05) is 0 Å². The van der Waals surface area contributed by atoms with Crippen molar-refractivity contribution in [3.05, 3.63) is 36.0 Å². The lowest BCUT2D eigenvalue weighted by molar-refractivity contribution is 0.101. The van der Waals surface area contributed by atoms with E-state index in [1.54, 1.807) is 23.1 Å². The smallest absolute Gasteiger partial charge is 0.163 e. The number of aromatic nitrogens is 4. The largest absolute Gasteiger partial charge is 0.294 e. The highest BCUT2D eigenvalue weighted by atomic mass is 16.1. The van der Waals surface area contributed by atoms with Crippen molar-refractivity contribution in [1.82, 2.24) is 19.7 Å². The summed E-state index contributed by atoms with van der Waals surface area (Å²) >= 11 is 0. The van der Waals surface area contributed by atoms with Crippen LogP contribution in [0.2, 0.25) is 0 Å². The van der Waals surface area contributed by atoms with Crippen molar-refractivity contribution >= 4 is 5.78 Å². The van der Waals surface area contributed by atoms with Gasteiger partial charge >= 0.3 is 0 Å². The van der Waals surface area contributed by atoms with E-state index in [1.165, 1.54) is 13.3 Å². The summed E-state index contributed by atoms with van der Waals surface area (Å²) in [7, 11) is 0. The second-order valence-electron chi connectivity index (χ2n) is 3.18. The minimum Gasteiger partial charge on any atom is -0.294 e. The summed E-state index contributed by atoms with van der Waals surface area (Å²) in [6, 6.07) is 1.74. The van der Waals surface area contributed by atoms with Gasteiger partial charge in [0.15, 0.2) is 11.6 Å². The van der Waals surface area contributed by atoms with E-state index in [4.69, 9.17) is 0 Å². The molecule has 0 atom stereocenters. The molecule has 0 aliphatic heterocycles. The van der Waals surface area contributed by atoms with E-state index in [1.807, 2.05) is 6.92 Å². The molecule has 0 amide bonds. The first-order valence-corrected chi connectivity index (χ1v) is 4.52. The molecule has 0 saturated carbocycles. The second-order valence-corrected chi connectivity index (χ2v) is 3.18. The molecule has 15 heavy (non-hydrogen) atoms. The van der Waals surface area contributed by atoms with Crippen LogP contribution < -0.4 is 0 Å². The summed E-state index contributed by atoms with van der Waals surface area (Å²) in [6.07, 6.45) is 4.64. The fourth-order valence-electron chi connectivity index (χ4n) is 1.40. The molecule has 2 aromatic rings. The van der Waals surface area contributed by atoms with Gasteiger partial charge in [0.05, 0.1) is 17.5 Å². The Kier molecular flexibility index (Phi) is 2.29. The van der Waals surface area contributed by atoms with Crippen LogP contribution >= 0.6 is 0 Å². The molecule has 2 rings (SSSR count). The Morgan fingerprint density at radius 1 is 1.47 bits per heavy atom. The van der Waals surface area contributed by atoms with Gasteiger partial charge in [0.1, 0.15) is 6.33 Å². The van der Waals surface area contributed by atoms with Gasteiger partial charge in [0.25, 0.3) is 0 Å². The number of hydrogen-bond acceptors (Lipinski definition) is 4. The van der Waals surface area contributed by atoms with Crippen molar-refractivity contribution in [2.45, 2.75) is 13.8 Å². The molecule has 0 N–H and O–H groups in total. The zero-order valence-electron chi connectivity index (χ0n) is 8.51. The minimum atomic E-state index is 0.00723. The first-order valence-electron chi connectivity index (χ1n) is 4.52. The number of carbonyl (C=O) groups is 1. The van der Waals surface area contributed by atoms with E-state index in [0.29, 0.717) is 11.4 Å². The summed E-state index contributed by atoms with van der Waals surface area (Å²) in [5, 5.41) is 4.11. The van der Waals surface area contributed by atoms with Crippen LogP contribution in [0, 0.1) is 6.92 Å². The van der Waals surface area contributed by atoms with Crippen LogP contribution in [0.1, 0.15) is 23.0 Å². The van der Waals surface area contributed by atoms with E-state index >= 15 is 0 Å². The van der Waals surface area contributed by atoms with E-state index in [-0.39, 0.29) is 5.78 Å². The molecule has 5 nitrogen and oxygen atoms in total. The minimum absolute atomic E-state index is 0.00723. The Bertz CT molecular complexity index is 489. The Balaban J connectivity index is 2.52. The van der Waals surface area contributed by atoms with Gasteiger partial charge in [-0.05, 0) is 13.8 Å². The van der Waals surface area contributed by atoms with Crippen LogP contribution in [0.15, 0.2) is 24.8 Å². The number of carbonyl (C=O) groups excluding carboxylic acids is 1. The summed E-state index contributed by atoms with van der Waals surface area (Å²) in [6.45, 7) is 3.36. The second kappa shape index (κ2) is 3.61. The number of rotatable bonds is 2. The lowest BCUT2D eigenvalue weighted by Crippen LogP contribution is -2.03. The number of ketones is 1. The van der Waals surface area contributed by atoms with Crippen LogP contribution in [-0.4, -0.2) is 25.5 Å². The van der Waals surface area contributed by atoms with Crippen LogP contribution in [0.3, 0.4) is 0 Å². The van der Waals surface area contributed by atoms with Crippen molar-refractivity contribution in [1.29, 1.82) is 0 Å². The fraction of sp³-hybridized carbons (Fsp3) is 0.200. The van der Waals surface area contributed by atoms with Crippen molar-refractivity contribution < 1.29 is 4.79 Å². The average molecular weight is 202 g/mol. The molecule has 2 heterocycles. The molecular weight excluding hydrogens is 192 g/mol. The molecule has 0 radical (unpaired) electrons. The molecule has 0 aliphatic rings. The highest BCUT2D eigenvalue weighted by molar-refractivity contribution is 5.94. The molecule has 0 spiro atoms. The van der Waals surface area contributed by atoms with Gasteiger partial charge in [0.2, 0.25) is 0 Å². The maximum atomic E-state index is 11.2. The Labute approximate surface area is 86.8 Å². The maximum absolute atomic E-state index is 11.2. The summed E-state index contributed by atoms with van der Waals surface area (Å²) < 4.78 is 1.62. The first-order chi connectivity index (χ1) is 7.20. The van der Waals surface area contributed by atoms with Crippen LogP contribution in [0.25, 0.3) is 5.82 Å². The predicted molar refractivity (Wildman–Crippen MR) is 53.9 cm³/mol. The lowest BCUT2D eigenvalue weighted by Gasteiger charge is -2.02. The Morgan fingerprint density at radius 3 is 2.80 bits per heavy atom. The third-order valence-electron chi connectivity index (χ3n) is 2.17. The van der Waals surface area contributed by atoms with Crippen molar-refractivity contribution in [3.63, 3.8) is 0 Å². The quantitative estimate of drug-likeness (QED) is 0.686. The summed E-state index contributed by atoms with van der Waals surface area (Å²) in [5.41, 5.74) is 1.41. The van der Waals surface area contributed by atoms with E-state index in [9.17, 15) is 4.79 Å². The Hall–Kier alpha value is -2.04. The summed E-state index contributed by atoms with van der Waals surface area (Å²) in [5.74, 6) is 0.669. The zero-order valence-corrected chi connectivity index (χ0v) is 8.51. The van der Waals surface area contributed by atoms with Gasteiger partial charge in [-0.2, -0.15) is 5.10 Å². The normalized spacial score (nSPS) is 10.3. The highest BCUT2D eigenvalue weighted by Gasteiger charge is 2.11. The molecule has 0 bridgehead atoms. The van der Waals surface area contributed by atoms with Crippen molar-refractivity contribution in [3.8, 4) is 5.82 Å².